The summed E-state index contributed by atoms with van der Waals surface area (Å²) in [7, 11) is 1.90. The van der Waals surface area contributed by atoms with E-state index < -0.39 is 0 Å². The molecule has 0 aliphatic rings. The molecule has 0 saturated heterocycles. The number of hydrogen-bond donors (Lipinski definition) is 0. The van der Waals surface area contributed by atoms with E-state index in [0.29, 0.717) is 41.8 Å². The van der Waals surface area contributed by atoms with Gasteiger partial charge in [0.2, 0.25) is 0 Å². The van der Waals surface area contributed by atoms with Crippen LogP contribution in [0, 0.1) is 5.92 Å². The molecular weight excluding hydrogens is 325 g/mol. The molecule has 4 nitrogen and oxygen atoms in total. The molecule has 6 heteroatoms. The largest absolute Gasteiger partial charge is 0.467 e. The van der Waals surface area contributed by atoms with E-state index in [0.717, 1.165) is 12.8 Å². The van der Waals surface area contributed by atoms with Crippen LogP contribution in [0.25, 0.3) is 0 Å². The Morgan fingerprint density at radius 1 is 1.36 bits per heavy atom. The van der Waals surface area contributed by atoms with Crippen molar-refractivity contribution in [3.8, 4) is 0 Å². The summed E-state index contributed by atoms with van der Waals surface area (Å²) in [6.45, 7) is 3.99. The van der Waals surface area contributed by atoms with Crippen molar-refractivity contribution in [1.82, 2.24) is 4.90 Å². The fourth-order valence-corrected chi connectivity index (χ4v) is 2.56. The maximum Gasteiger partial charge on any atom is 0.293 e. The quantitative estimate of drug-likeness (QED) is 0.368. The normalized spacial score (nSPS) is 12.2. The maximum atomic E-state index is 12.6. The minimum Gasteiger partial charge on any atom is -0.467 e. The van der Waals surface area contributed by atoms with Gasteiger partial charge in [-0.05, 0) is 31.7 Å². The molecule has 0 bridgehead atoms. The Morgan fingerprint density at radius 3 is 2.68 bits per heavy atom. The molecule has 22 heavy (non-hydrogen) atoms. The van der Waals surface area contributed by atoms with Gasteiger partial charge in [-0.15, -0.1) is 0 Å². The first kappa shape index (κ1) is 18.9. The van der Waals surface area contributed by atoms with E-state index in [1.807, 2.05) is 18.9 Å². The molecule has 0 heterocycles. The summed E-state index contributed by atoms with van der Waals surface area (Å²) in [6.07, 6.45) is 1.70. The number of nitrogens with zero attached hydrogens (tertiary/aromatic N) is 1. The van der Waals surface area contributed by atoms with Crippen LogP contribution in [-0.4, -0.2) is 43.9 Å². The molecule has 0 saturated carbocycles. The van der Waals surface area contributed by atoms with Gasteiger partial charge in [-0.25, -0.2) is 0 Å². The van der Waals surface area contributed by atoms with E-state index in [1.165, 1.54) is 0 Å². The van der Waals surface area contributed by atoms with Gasteiger partial charge >= 0.3 is 0 Å². The summed E-state index contributed by atoms with van der Waals surface area (Å²) < 4.78 is 4.68. The minimum atomic E-state index is -0.122. The topological polar surface area (TPSA) is 46.6 Å². The molecule has 0 spiro atoms. The van der Waals surface area contributed by atoms with Crippen molar-refractivity contribution in [1.29, 1.82) is 0 Å². The number of ether oxygens (including phenoxy) is 1. The van der Waals surface area contributed by atoms with E-state index in [2.05, 4.69) is 4.74 Å². The Bertz CT molecular complexity index is 508. The van der Waals surface area contributed by atoms with Crippen LogP contribution < -0.4 is 0 Å². The molecule has 0 N–H and O–H groups in total. The Kier molecular flexibility index (Phi) is 8.46. The van der Waals surface area contributed by atoms with Crippen LogP contribution >= 0.6 is 23.2 Å². The highest BCUT2D eigenvalue weighted by molar-refractivity contribution is 6.42. The molecule has 0 amide bonds. The number of benzene rings is 1. The third kappa shape index (κ3) is 5.95. The fourth-order valence-electron chi connectivity index (χ4n) is 2.26. The van der Waals surface area contributed by atoms with E-state index >= 15 is 0 Å². The van der Waals surface area contributed by atoms with E-state index in [-0.39, 0.29) is 11.7 Å². The van der Waals surface area contributed by atoms with Crippen molar-refractivity contribution in [2.24, 2.45) is 5.92 Å². The SMILES string of the molecule is CCCC(CN(C)CCOC=O)C(=O)c1ccc(Cl)c(Cl)c1. The summed E-state index contributed by atoms with van der Waals surface area (Å²) in [5.41, 5.74) is 0.574. The van der Waals surface area contributed by atoms with Crippen LogP contribution in [0.1, 0.15) is 30.1 Å². The number of halogens is 2. The highest BCUT2D eigenvalue weighted by Crippen LogP contribution is 2.25. The van der Waals surface area contributed by atoms with Crippen LogP contribution in [0.3, 0.4) is 0 Å². The number of carbonyl (C=O) groups excluding carboxylic acids is 2. The van der Waals surface area contributed by atoms with Gasteiger partial charge in [0.05, 0.1) is 10.0 Å². The molecule has 122 valence electrons. The summed E-state index contributed by atoms with van der Waals surface area (Å²) in [4.78, 5) is 24.8. The number of hydrogen-bond acceptors (Lipinski definition) is 4. The average Bonchev–Trinajstić information content (AvgIpc) is 2.49. The molecule has 1 unspecified atom stereocenters. The van der Waals surface area contributed by atoms with Crippen LogP contribution in [0.2, 0.25) is 10.0 Å². The van der Waals surface area contributed by atoms with Gasteiger partial charge in [-0.1, -0.05) is 36.5 Å². The van der Waals surface area contributed by atoms with E-state index in [9.17, 15) is 9.59 Å². The van der Waals surface area contributed by atoms with Crippen molar-refractivity contribution in [3.05, 3.63) is 33.8 Å². The van der Waals surface area contributed by atoms with E-state index in [4.69, 9.17) is 23.2 Å². The van der Waals surface area contributed by atoms with E-state index in [1.54, 1.807) is 18.2 Å². The lowest BCUT2D eigenvalue weighted by Crippen LogP contribution is -2.32. The zero-order valence-electron chi connectivity index (χ0n) is 12.9. The molecule has 1 aromatic rings. The van der Waals surface area contributed by atoms with Crippen molar-refractivity contribution < 1.29 is 14.3 Å². The maximum absolute atomic E-state index is 12.6. The first-order chi connectivity index (χ1) is 10.5. The van der Waals surface area contributed by atoms with Crippen LogP contribution in [0.5, 0.6) is 0 Å². The van der Waals surface area contributed by atoms with Crippen molar-refractivity contribution >= 4 is 35.5 Å². The van der Waals surface area contributed by atoms with Gasteiger partial charge in [0, 0.05) is 24.6 Å². The van der Waals surface area contributed by atoms with Gasteiger partial charge in [0.25, 0.3) is 6.47 Å². The third-order valence-electron chi connectivity index (χ3n) is 3.40. The molecular formula is C16H21Cl2NO3. The number of rotatable bonds is 10. The van der Waals surface area contributed by atoms with Crippen LogP contribution in [0.4, 0.5) is 0 Å². The van der Waals surface area contributed by atoms with Gasteiger partial charge in [0.1, 0.15) is 6.61 Å². The molecule has 0 radical (unpaired) electrons. The molecule has 0 aliphatic heterocycles. The number of carbonyl (C=O) groups is 2. The van der Waals surface area contributed by atoms with Gasteiger partial charge in [-0.2, -0.15) is 0 Å². The van der Waals surface area contributed by atoms with Crippen molar-refractivity contribution in [2.75, 3.05) is 26.7 Å². The zero-order valence-corrected chi connectivity index (χ0v) is 14.4. The van der Waals surface area contributed by atoms with Gasteiger partial charge < -0.3 is 9.64 Å². The Labute approximate surface area is 141 Å². The van der Waals surface area contributed by atoms with Gasteiger partial charge in [-0.3, -0.25) is 9.59 Å². The fraction of sp³-hybridized carbons (Fsp3) is 0.500. The predicted molar refractivity (Wildman–Crippen MR) is 88.7 cm³/mol. The molecule has 0 fully saturated rings. The Morgan fingerprint density at radius 2 is 2.09 bits per heavy atom. The summed E-state index contributed by atoms with van der Waals surface area (Å²) in [5.74, 6) is -0.0629. The second-order valence-corrected chi connectivity index (χ2v) is 6.02. The van der Waals surface area contributed by atoms with Crippen LogP contribution in [-0.2, 0) is 9.53 Å². The smallest absolute Gasteiger partial charge is 0.293 e. The number of likely N-dealkylation sites (N-methyl/N-ethyl adjacent to an activating group) is 1. The summed E-state index contributed by atoms with van der Waals surface area (Å²) in [6, 6.07) is 4.96. The van der Waals surface area contributed by atoms with Crippen molar-refractivity contribution in [3.63, 3.8) is 0 Å². The Balaban J connectivity index is 2.73. The third-order valence-corrected chi connectivity index (χ3v) is 4.14. The lowest BCUT2D eigenvalue weighted by atomic mass is 9.93. The number of Topliss-reactive ketones (excluding diaryl/α,β-unsaturated/α-hetero) is 1. The zero-order chi connectivity index (χ0) is 16.5. The average molecular weight is 346 g/mol. The first-order valence-corrected chi connectivity index (χ1v) is 7.98. The van der Waals surface area contributed by atoms with Crippen LogP contribution in [0.15, 0.2) is 18.2 Å². The molecule has 0 aromatic heterocycles. The molecule has 0 aliphatic carbocycles. The molecule has 1 aromatic carbocycles. The van der Waals surface area contributed by atoms with Gasteiger partial charge in [0.15, 0.2) is 5.78 Å². The lowest BCUT2D eigenvalue weighted by Gasteiger charge is -2.22. The lowest BCUT2D eigenvalue weighted by molar-refractivity contribution is -0.129. The number of ketones is 1. The highest BCUT2D eigenvalue weighted by atomic mass is 35.5. The highest BCUT2D eigenvalue weighted by Gasteiger charge is 2.21. The monoisotopic (exact) mass is 345 g/mol. The predicted octanol–water partition coefficient (Wildman–Crippen LogP) is 3.70. The minimum absolute atomic E-state index is 0.0589. The second-order valence-electron chi connectivity index (χ2n) is 5.21. The van der Waals surface area contributed by atoms with Crippen molar-refractivity contribution in [2.45, 2.75) is 19.8 Å². The Hall–Kier alpha value is -1.10. The standard InChI is InChI=1S/C16H21Cl2NO3/c1-3-4-13(10-19(2)7-8-22-11-20)16(21)12-5-6-14(17)15(18)9-12/h5-6,9,11,13H,3-4,7-8,10H2,1-2H3. The molecule has 1 atom stereocenters. The summed E-state index contributed by atoms with van der Waals surface area (Å²) >= 11 is 11.9. The first-order valence-electron chi connectivity index (χ1n) is 7.22. The second kappa shape index (κ2) is 9.82. The molecule has 1 rings (SSSR count). The summed E-state index contributed by atoms with van der Waals surface area (Å²) in [5, 5.41) is 0.823.